The molecule has 1 aromatic heterocycles. The standard InChI is InChI=1S/C12H18ClN3O2.2ClH/c1-8(9(2)14)12(17)15-5-6-18-11-4-3-10(13)7-16-11;;/h3-4,7-9H,5-6,14H2,1-2H3,(H,15,17);2*1H. The Bertz CT molecular complexity index is 388. The molecule has 0 aliphatic heterocycles. The molecule has 116 valence electrons. The van der Waals surface area contributed by atoms with Gasteiger partial charge in [-0.05, 0) is 13.0 Å². The molecule has 3 N–H and O–H groups in total. The van der Waals surface area contributed by atoms with Gasteiger partial charge in [0, 0.05) is 24.2 Å². The van der Waals surface area contributed by atoms with E-state index >= 15 is 0 Å². The third-order valence-electron chi connectivity index (χ3n) is 2.55. The van der Waals surface area contributed by atoms with Gasteiger partial charge in [0.2, 0.25) is 11.8 Å². The van der Waals surface area contributed by atoms with Crippen molar-refractivity contribution < 1.29 is 9.53 Å². The first-order valence-electron chi connectivity index (χ1n) is 5.78. The third-order valence-corrected chi connectivity index (χ3v) is 2.78. The molecule has 20 heavy (non-hydrogen) atoms. The van der Waals surface area contributed by atoms with Gasteiger partial charge >= 0.3 is 0 Å². The zero-order chi connectivity index (χ0) is 13.5. The van der Waals surface area contributed by atoms with E-state index in [0.717, 1.165) is 0 Å². The molecule has 8 heteroatoms. The number of pyridine rings is 1. The lowest BCUT2D eigenvalue weighted by Gasteiger charge is -2.15. The number of amides is 1. The minimum atomic E-state index is -0.210. The summed E-state index contributed by atoms with van der Waals surface area (Å²) in [5, 5.41) is 3.30. The van der Waals surface area contributed by atoms with E-state index in [-0.39, 0.29) is 42.7 Å². The number of hydrogen-bond acceptors (Lipinski definition) is 4. The lowest BCUT2D eigenvalue weighted by Crippen LogP contribution is -2.40. The van der Waals surface area contributed by atoms with Gasteiger partial charge < -0.3 is 15.8 Å². The molecule has 2 unspecified atom stereocenters. The predicted octanol–water partition coefficient (Wildman–Crippen LogP) is 2.06. The molecule has 0 bridgehead atoms. The maximum Gasteiger partial charge on any atom is 0.224 e. The Labute approximate surface area is 136 Å². The number of carbonyl (C=O) groups is 1. The van der Waals surface area contributed by atoms with Gasteiger partial charge in [0.05, 0.1) is 11.6 Å². The van der Waals surface area contributed by atoms with Gasteiger partial charge in [-0.2, -0.15) is 0 Å². The van der Waals surface area contributed by atoms with Crippen molar-refractivity contribution in [3.8, 4) is 5.88 Å². The van der Waals surface area contributed by atoms with E-state index in [1.54, 1.807) is 26.0 Å². The van der Waals surface area contributed by atoms with E-state index in [4.69, 9.17) is 22.1 Å². The van der Waals surface area contributed by atoms with Crippen molar-refractivity contribution in [3.05, 3.63) is 23.4 Å². The van der Waals surface area contributed by atoms with Crippen molar-refractivity contribution >= 4 is 42.3 Å². The fourth-order valence-electron chi connectivity index (χ4n) is 1.18. The summed E-state index contributed by atoms with van der Waals surface area (Å²) in [6.07, 6.45) is 1.51. The van der Waals surface area contributed by atoms with Crippen LogP contribution in [0.15, 0.2) is 18.3 Å². The molecule has 0 saturated carbocycles. The van der Waals surface area contributed by atoms with Gasteiger partial charge in [-0.25, -0.2) is 4.98 Å². The van der Waals surface area contributed by atoms with Gasteiger partial charge in [0.25, 0.3) is 0 Å². The first-order chi connectivity index (χ1) is 8.50. The van der Waals surface area contributed by atoms with Crippen molar-refractivity contribution in [3.63, 3.8) is 0 Å². The van der Waals surface area contributed by atoms with Crippen LogP contribution in [0.4, 0.5) is 0 Å². The second-order valence-corrected chi connectivity index (χ2v) is 4.54. The summed E-state index contributed by atoms with van der Waals surface area (Å²) in [6, 6.07) is 3.21. The average molecular weight is 345 g/mol. The van der Waals surface area contributed by atoms with Gasteiger partial charge in [-0.1, -0.05) is 18.5 Å². The van der Waals surface area contributed by atoms with Crippen LogP contribution in [0.3, 0.4) is 0 Å². The summed E-state index contributed by atoms with van der Waals surface area (Å²) in [4.78, 5) is 15.5. The van der Waals surface area contributed by atoms with Crippen molar-refractivity contribution in [1.29, 1.82) is 0 Å². The molecule has 0 saturated heterocycles. The first-order valence-corrected chi connectivity index (χ1v) is 6.16. The molecule has 0 radical (unpaired) electrons. The number of ether oxygens (including phenoxy) is 1. The summed E-state index contributed by atoms with van der Waals surface area (Å²) in [7, 11) is 0. The Morgan fingerprint density at radius 2 is 2.10 bits per heavy atom. The monoisotopic (exact) mass is 343 g/mol. The second kappa shape index (κ2) is 11.0. The molecule has 2 atom stereocenters. The summed E-state index contributed by atoms with van der Waals surface area (Å²) in [5.41, 5.74) is 5.63. The Balaban J connectivity index is 0. The van der Waals surface area contributed by atoms with Crippen LogP contribution in [0, 0.1) is 5.92 Å². The molecular weight excluding hydrogens is 325 g/mol. The molecule has 0 aliphatic carbocycles. The zero-order valence-electron chi connectivity index (χ0n) is 11.3. The van der Waals surface area contributed by atoms with Crippen molar-refractivity contribution in [2.45, 2.75) is 19.9 Å². The fraction of sp³-hybridized carbons (Fsp3) is 0.500. The quantitative estimate of drug-likeness (QED) is 0.774. The third kappa shape index (κ3) is 7.75. The second-order valence-electron chi connectivity index (χ2n) is 4.10. The molecule has 1 rings (SSSR count). The smallest absolute Gasteiger partial charge is 0.224 e. The van der Waals surface area contributed by atoms with Crippen molar-refractivity contribution in [2.24, 2.45) is 11.7 Å². The highest BCUT2D eigenvalue weighted by Crippen LogP contribution is 2.10. The molecule has 0 aromatic carbocycles. The highest BCUT2D eigenvalue weighted by molar-refractivity contribution is 6.30. The lowest BCUT2D eigenvalue weighted by atomic mass is 10.0. The number of rotatable bonds is 6. The molecule has 1 amide bonds. The van der Waals surface area contributed by atoms with Crippen LogP contribution < -0.4 is 15.8 Å². The van der Waals surface area contributed by atoms with Crippen LogP contribution in [0.25, 0.3) is 0 Å². The summed E-state index contributed by atoms with van der Waals surface area (Å²) >= 11 is 5.69. The minimum Gasteiger partial charge on any atom is -0.476 e. The number of aromatic nitrogens is 1. The molecule has 0 aliphatic rings. The Kier molecular flexibility index (Phi) is 11.8. The Morgan fingerprint density at radius 1 is 1.45 bits per heavy atom. The summed E-state index contributed by atoms with van der Waals surface area (Å²) in [6.45, 7) is 4.37. The number of nitrogens with one attached hydrogen (secondary N) is 1. The van der Waals surface area contributed by atoms with E-state index < -0.39 is 0 Å². The SMILES string of the molecule is CC(N)C(C)C(=O)NCCOc1ccc(Cl)cn1.Cl.Cl. The highest BCUT2D eigenvalue weighted by atomic mass is 35.5. The summed E-state index contributed by atoms with van der Waals surface area (Å²) < 4.78 is 5.34. The Hall–Kier alpha value is -0.750. The van der Waals surface area contributed by atoms with E-state index in [1.165, 1.54) is 6.20 Å². The topological polar surface area (TPSA) is 77.2 Å². The Morgan fingerprint density at radius 3 is 2.60 bits per heavy atom. The van der Waals surface area contributed by atoms with Crippen LogP contribution in [0.2, 0.25) is 5.02 Å². The van der Waals surface area contributed by atoms with Crippen LogP contribution in [-0.4, -0.2) is 30.1 Å². The maximum atomic E-state index is 11.6. The average Bonchev–Trinajstić information content (AvgIpc) is 2.35. The normalized spacial score (nSPS) is 12.4. The molecule has 5 nitrogen and oxygen atoms in total. The number of hydrogen-bond donors (Lipinski definition) is 2. The lowest BCUT2D eigenvalue weighted by molar-refractivity contribution is -0.125. The van der Waals surface area contributed by atoms with Crippen molar-refractivity contribution in [1.82, 2.24) is 10.3 Å². The summed E-state index contributed by atoms with van der Waals surface area (Å²) in [5.74, 6) is 0.199. The van der Waals surface area contributed by atoms with Crippen LogP contribution in [0.5, 0.6) is 5.88 Å². The van der Waals surface area contributed by atoms with Crippen molar-refractivity contribution in [2.75, 3.05) is 13.2 Å². The predicted molar refractivity (Wildman–Crippen MR) is 85.1 cm³/mol. The van der Waals surface area contributed by atoms with Gasteiger partial charge in [-0.15, -0.1) is 24.8 Å². The van der Waals surface area contributed by atoms with Gasteiger partial charge in [0.1, 0.15) is 6.61 Å². The molecule has 0 fully saturated rings. The number of nitrogens with two attached hydrogens (primary N) is 1. The number of carbonyl (C=O) groups excluding carboxylic acids is 1. The van der Waals surface area contributed by atoms with E-state index in [2.05, 4.69) is 10.3 Å². The van der Waals surface area contributed by atoms with E-state index in [9.17, 15) is 4.79 Å². The minimum absolute atomic E-state index is 0. The molecule has 1 aromatic rings. The van der Waals surface area contributed by atoms with E-state index in [1.807, 2.05) is 0 Å². The highest BCUT2D eigenvalue weighted by Gasteiger charge is 2.15. The largest absolute Gasteiger partial charge is 0.476 e. The van der Waals surface area contributed by atoms with Crippen LogP contribution in [0.1, 0.15) is 13.8 Å². The molecule has 0 spiro atoms. The fourth-order valence-corrected chi connectivity index (χ4v) is 1.29. The van der Waals surface area contributed by atoms with Gasteiger partial charge in [-0.3, -0.25) is 4.79 Å². The van der Waals surface area contributed by atoms with Crippen LogP contribution >= 0.6 is 36.4 Å². The maximum absolute atomic E-state index is 11.6. The van der Waals surface area contributed by atoms with E-state index in [0.29, 0.717) is 24.1 Å². The zero-order valence-corrected chi connectivity index (χ0v) is 13.7. The number of halogens is 3. The number of nitrogens with zero attached hydrogens (tertiary/aromatic N) is 1. The van der Waals surface area contributed by atoms with Crippen LogP contribution in [-0.2, 0) is 4.79 Å². The van der Waals surface area contributed by atoms with Gasteiger partial charge in [0.15, 0.2) is 0 Å². The first kappa shape index (κ1) is 21.5. The molecule has 1 heterocycles. The molecular formula is C12H20Cl3N3O2.